The summed E-state index contributed by atoms with van der Waals surface area (Å²) in [6, 6.07) is 13.0. The minimum Gasteiger partial charge on any atom is -0.492 e. The number of amides is 1. The second-order valence-corrected chi connectivity index (χ2v) is 7.85. The van der Waals surface area contributed by atoms with Crippen LogP contribution in [-0.2, 0) is 0 Å². The van der Waals surface area contributed by atoms with Crippen LogP contribution in [0, 0.1) is 25.2 Å². The summed E-state index contributed by atoms with van der Waals surface area (Å²) in [6.45, 7) is 6.80. The molecule has 2 aromatic carbocycles. The minimum absolute atomic E-state index is 0.429. The van der Waals surface area contributed by atoms with E-state index >= 15 is 0 Å². The Morgan fingerprint density at radius 1 is 0.871 bits per heavy atom. The molecule has 0 unspecified atom stereocenters. The van der Waals surface area contributed by atoms with E-state index in [1.54, 1.807) is 18.2 Å². The number of nitrogens with zero attached hydrogens (tertiary/aromatic N) is 3. The molecule has 0 saturated heterocycles. The van der Waals surface area contributed by atoms with E-state index < -0.39 is 5.91 Å². The lowest BCUT2D eigenvalue weighted by Gasteiger charge is -2.12. The van der Waals surface area contributed by atoms with Crippen molar-refractivity contribution in [1.29, 1.82) is 5.26 Å². The van der Waals surface area contributed by atoms with Gasteiger partial charge in [0.05, 0.1) is 11.6 Å². The van der Waals surface area contributed by atoms with Crippen molar-refractivity contribution in [2.45, 2.75) is 13.8 Å². The van der Waals surface area contributed by atoms with Crippen molar-refractivity contribution in [2.24, 2.45) is 5.73 Å². The van der Waals surface area contributed by atoms with Gasteiger partial charge in [-0.2, -0.15) is 5.26 Å². The molecular formula is C24H34N4O3. The number of carbonyl (C=O) groups excluding carboxylic acids is 1. The van der Waals surface area contributed by atoms with Crippen LogP contribution in [0.25, 0.3) is 0 Å². The summed E-state index contributed by atoms with van der Waals surface area (Å²) in [6.07, 6.45) is 0. The van der Waals surface area contributed by atoms with Gasteiger partial charge < -0.3 is 25.0 Å². The number of likely N-dealkylation sites (N-methyl/N-ethyl adjacent to an activating group) is 2. The maximum Gasteiger partial charge on any atom is 0.248 e. The van der Waals surface area contributed by atoms with E-state index in [1.165, 1.54) is 0 Å². The van der Waals surface area contributed by atoms with Crippen LogP contribution < -0.4 is 15.2 Å². The van der Waals surface area contributed by atoms with E-state index in [4.69, 9.17) is 20.5 Å². The number of nitriles is 1. The molecule has 0 fully saturated rings. The van der Waals surface area contributed by atoms with Gasteiger partial charge in [-0.25, -0.2) is 0 Å². The van der Waals surface area contributed by atoms with Crippen LogP contribution in [-0.4, -0.2) is 70.2 Å². The summed E-state index contributed by atoms with van der Waals surface area (Å²) in [7, 11) is 7.96. The summed E-state index contributed by atoms with van der Waals surface area (Å²) in [5, 5.41) is 8.79. The van der Waals surface area contributed by atoms with Gasteiger partial charge in [0.1, 0.15) is 24.7 Å². The maximum atomic E-state index is 11.0. The molecule has 31 heavy (non-hydrogen) atoms. The van der Waals surface area contributed by atoms with E-state index in [-0.39, 0.29) is 0 Å². The van der Waals surface area contributed by atoms with Crippen LogP contribution >= 0.6 is 0 Å². The van der Waals surface area contributed by atoms with Crippen LogP contribution in [0.5, 0.6) is 11.5 Å². The quantitative estimate of drug-likeness (QED) is 0.663. The molecule has 0 aromatic heterocycles. The fourth-order valence-corrected chi connectivity index (χ4v) is 2.56. The van der Waals surface area contributed by atoms with Crippen molar-refractivity contribution in [2.75, 3.05) is 54.5 Å². The average molecular weight is 427 g/mol. The van der Waals surface area contributed by atoms with Gasteiger partial charge in [0, 0.05) is 18.7 Å². The molecule has 0 aliphatic rings. The predicted molar refractivity (Wildman–Crippen MR) is 124 cm³/mol. The Bertz CT molecular complexity index is 889. The van der Waals surface area contributed by atoms with Gasteiger partial charge in [-0.15, -0.1) is 0 Å². The Balaban J connectivity index is 0.000000311. The number of hydrogen-bond donors (Lipinski definition) is 1. The number of nitrogens with two attached hydrogens (primary N) is 1. The zero-order chi connectivity index (χ0) is 23.4. The predicted octanol–water partition coefficient (Wildman–Crippen LogP) is 2.84. The monoisotopic (exact) mass is 426 g/mol. The highest BCUT2D eigenvalue weighted by molar-refractivity contribution is 5.93. The maximum absolute atomic E-state index is 11.0. The Morgan fingerprint density at radius 2 is 1.35 bits per heavy atom. The molecule has 2 rings (SSSR count). The van der Waals surface area contributed by atoms with Gasteiger partial charge in [-0.1, -0.05) is 0 Å². The molecule has 0 spiro atoms. The number of rotatable bonds is 9. The second-order valence-electron chi connectivity index (χ2n) is 7.85. The number of aryl methyl sites for hydroxylation is 2. The van der Waals surface area contributed by atoms with Crippen molar-refractivity contribution in [1.82, 2.24) is 9.80 Å². The third-order valence-electron chi connectivity index (χ3n) is 4.13. The van der Waals surface area contributed by atoms with Crippen molar-refractivity contribution in [3.05, 3.63) is 58.7 Å². The van der Waals surface area contributed by atoms with Crippen molar-refractivity contribution in [3.63, 3.8) is 0 Å². The molecule has 0 aliphatic heterocycles. The molecule has 0 heterocycles. The molecule has 7 heteroatoms. The van der Waals surface area contributed by atoms with E-state index in [1.807, 2.05) is 65.1 Å². The van der Waals surface area contributed by atoms with Crippen LogP contribution in [0.3, 0.4) is 0 Å². The fraction of sp³-hybridized carbons (Fsp3) is 0.417. The lowest BCUT2D eigenvalue weighted by atomic mass is 10.1. The first-order chi connectivity index (χ1) is 14.6. The van der Waals surface area contributed by atoms with Crippen LogP contribution in [0.1, 0.15) is 27.0 Å². The highest BCUT2D eigenvalue weighted by Crippen LogP contribution is 2.17. The third-order valence-corrected chi connectivity index (χ3v) is 4.13. The minimum atomic E-state index is -0.429. The summed E-state index contributed by atoms with van der Waals surface area (Å²) in [5.41, 5.74) is 8.38. The number of primary amides is 1. The van der Waals surface area contributed by atoms with E-state index in [0.29, 0.717) is 30.1 Å². The number of ether oxygens (including phenoxy) is 2. The van der Waals surface area contributed by atoms with Gasteiger partial charge in [0.15, 0.2) is 0 Å². The molecule has 2 aromatic rings. The van der Waals surface area contributed by atoms with Crippen LogP contribution in [0.4, 0.5) is 0 Å². The van der Waals surface area contributed by atoms with Crippen LogP contribution in [0.2, 0.25) is 0 Å². The molecule has 0 aliphatic carbocycles. The molecule has 2 N–H and O–H groups in total. The third kappa shape index (κ3) is 11.0. The molecule has 168 valence electrons. The largest absolute Gasteiger partial charge is 0.492 e. The number of benzene rings is 2. The molecule has 0 bridgehead atoms. The summed E-state index contributed by atoms with van der Waals surface area (Å²) < 4.78 is 11.1. The van der Waals surface area contributed by atoms with E-state index in [0.717, 1.165) is 30.0 Å². The van der Waals surface area contributed by atoms with Gasteiger partial charge >= 0.3 is 0 Å². The summed E-state index contributed by atoms with van der Waals surface area (Å²) in [5.74, 6) is 1.03. The molecule has 1 amide bonds. The zero-order valence-corrected chi connectivity index (χ0v) is 19.4. The average Bonchev–Trinajstić information content (AvgIpc) is 2.67. The Kier molecular flexibility index (Phi) is 11.1. The molecule has 0 saturated carbocycles. The van der Waals surface area contributed by atoms with E-state index in [2.05, 4.69) is 11.0 Å². The highest BCUT2D eigenvalue weighted by Gasteiger charge is 2.04. The molecule has 0 radical (unpaired) electrons. The molecule has 7 nitrogen and oxygen atoms in total. The number of hydrogen-bond acceptors (Lipinski definition) is 6. The highest BCUT2D eigenvalue weighted by atomic mass is 16.5. The SMILES string of the molecule is Cc1cc(C#N)cc(OCCN(C)C)c1.Cc1cc(OCCN(C)C)cc(C(N)=O)c1. The Hall–Kier alpha value is -3.08. The van der Waals surface area contributed by atoms with E-state index in [9.17, 15) is 4.79 Å². The van der Waals surface area contributed by atoms with Crippen molar-refractivity contribution >= 4 is 5.91 Å². The smallest absolute Gasteiger partial charge is 0.248 e. The lowest BCUT2D eigenvalue weighted by Crippen LogP contribution is -2.19. The van der Waals surface area contributed by atoms with Gasteiger partial charge in [0.2, 0.25) is 5.91 Å². The Morgan fingerprint density at radius 3 is 1.81 bits per heavy atom. The first-order valence-corrected chi connectivity index (χ1v) is 10.1. The standard InChI is InChI=1S/C12H18N2O2.C12H16N2O/c1-9-6-10(12(13)15)8-11(7-9)16-5-4-14(2)3;1-10-6-11(9-13)8-12(7-10)15-5-4-14(2)3/h6-8H,4-5H2,1-3H3,(H2,13,15);6-8H,4-5H2,1-3H3. The molecule has 0 atom stereocenters. The number of carbonyl (C=O) groups is 1. The van der Waals surface area contributed by atoms with Gasteiger partial charge in [-0.05, 0) is 89.6 Å². The van der Waals surface area contributed by atoms with Crippen LogP contribution in [0.15, 0.2) is 36.4 Å². The van der Waals surface area contributed by atoms with Gasteiger partial charge in [-0.3, -0.25) is 4.79 Å². The van der Waals surface area contributed by atoms with Gasteiger partial charge in [0.25, 0.3) is 0 Å². The normalized spacial score (nSPS) is 10.3. The van der Waals surface area contributed by atoms with Crippen molar-refractivity contribution in [3.8, 4) is 17.6 Å². The fourth-order valence-electron chi connectivity index (χ4n) is 2.56. The first-order valence-electron chi connectivity index (χ1n) is 10.1. The molecular weight excluding hydrogens is 392 g/mol. The first kappa shape index (κ1) is 26.0. The van der Waals surface area contributed by atoms with Crippen molar-refractivity contribution < 1.29 is 14.3 Å². The summed E-state index contributed by atoms with van der Waals surface area (Å²) in [4.78, 5) is 15.1. The summed E-state index contributed by atoms with van der Waals surface area (Å²) >= 11 is 0. The Labute approximate surface area is 186 Å². The second kappa shape index (κ2) is 13.3. The topological polar surface area (TPSA) is 91.8 Å². The lowest BCUT2D eigenvalue weighted by molar-refractivity contribution is 0.0999. The zero-order valence-electron chi connectivity index (χ0n) is 19.4.